The van der Waals surface area contributed by atoms with Crippen LogP contribution in [0.4, 0.5) is 10.5 Å². The summed E-state index contributed by atoms with van der Waals surface area (Å²) in [7, 11) is 0. The van der Waals surface area contributed by atoms with Crippen LogP contribution < -0.4 is 16.0 Å². The van der Waals surface area contributed by atoms with E-state index in [-0.39, 0.29) is 11.7 Å². The molecule has 1 amide bonds. The van der Waals surface area contributed by atoms with E-state index in [1.54, 1.807) is 4.90 Å². The van der Waals surface area contributed by atoms with Gasteiger partial charge in [0.25, 0.3) is 0 Å². The molecule has 0 aliphatic carbocycles. The SMILES string of the molecule is CC(C)(C)OC(=O)N(CCc1ccc(N)cc1)CCc1ccc(OCc2ccccc2)c2[nH]c(=O)ccc12. The van der Waals surface area contributed by atoms with Crippen LogP contribution in [0.3, 0.4) is 0 Å². The molecule has 1 heterocycles. The van der Waals surface area contributed by atoms with Crippen LogP contribution in [0.5, 0.6) is 5.75 Å². The first-order valence-electron chi connectivity index (χ1n) is 12.8. The second-order valence-electron chi connectivity index (χ2n) is 10.3. The summed E-state index contributed by atoms with van der Waals surface area (Å²) < 4.78 is 11.8. The third-order valence-corrected chi connectivity index (χ3v) is 6.14. The molecule has 0 bridgehead atoms. The molecule has 0 aliphatic heterocycles. The van der Waals surface area contributed by atoms with Crippen LogP contribution in [0.2, 0.25) is 0 Å². The lowest BCUT2D eigenvalue weighted by Crippen LogP contribution is -2.39. The third kappa shape index (κ3) is 7.38. The number of H-pyrrole nitrogens is 1. The highest BCUT2D eigenvalue weighted by molar-refractivity contribution is 5.87. The molecule has 0 aliphatic rings. The van der Waals surface area contributed by atoms with E-state index < -0.39 is 5.60 Å². The highest BCUT2D eigenvalue weighted by Crippen LogP contribution is 2.27. The second-order valence-corrected chi connectivity index (χ2v) is 10.3. The lowest BCUT2D eigenvalue weighted by Gasteiger charge is -2.27. The van der Waals surface area contributed by atoms with Crippen molar-refractivity contribution in [2.75, 3.05) is 18.8 Å². The number of hydrogen-bond donors (Lipinski definition) is 2. The van der Waals surface area contributed by atoms with Crippen LogP contribution >= 0.6 is 0 Å². The fourth-order valence-corrected chi connectivity index (χ4v) is 4.18. The van der Waals surface area contributed by atoms with Gasteiger partial charge in [0.05, 0.1) is 5.52 Å². The molecular weight excluding hydrogens is 478 g/mol. The smallest absolute Gasteiger partial charge is 0.410 e. The van der Waals surface area contributed by atoms with Crippen LogP contribution in [-0.4, -0.2) is 34.7 Å². The van der Waals surface area contributed by atoms with Gasteiger partial charge in [0.1, 0.15) is 18.0 Å². The van der Waals surface area contributed by atoms with E-state index in [4.69, 9.17) is 15.2 Å². The summed E-state index contributed by atoms with van der Waals surface area (Å²) >= 11 is 0. The zero-order chi connectivity index (χ0) is 27.1. The number of anilines is 1. The van der Waals surface area contributed by atoms with Crippen molar-refractivity contribution in [1.29, 1.82) is 0 Å². The summed E-state index contributed by atoms with van der Waals surface area (Å²) in [6.07, 6.45) is 0.913. The van der Waals surface area contributed by atoms with Crippen LogP contribution in [0.15, 0.2) is 83.7 Å². The lowest BCUT2D eigenvalue weighted by atomic mass is 10.0. The fourth-order valence-electron chi connectivity index (χ4n) is 4.18. The van der Waals surface area contributed by atoms with Crippen LogP contribution in [-0.2, 0) is 24.2 Å². The Hall–Kier alpha value is -4.26. The van der Waals surface area contributed by atoms with Gasteiger partial charge in [-0.2, -0.15) is 0 Å². The number of benzene rings is 3. The van der Waals surface area contributed by atoms with Crippen molar-refractivity contribution in [2.45, 2.75) is 45.8 Å². The first-order chi connectivity index (χ1) is 18.2. The molecule has 4 aromatic rings. The molecule has 0 unspecified atom stereocenters. The first kappa shape index (κ1) is 26.8. The van der Waals surface area contributed by atoms with E-state index in [1.165, 1.54) is 6.07 Å². The lowest BCUT2D eigenvalue weighted by molar-refractivity contribution is 0.0254. The molecule has 7 heteroatoms. The molecule has 0 saturated heterocycles. The Bertz CT molecular complexity index is 1420. The molecule has 0 atom stereocenters. The molecule has 0 saturated carbocycles. The molecule has 0 fully saturated rings. The van der Waals surface area contributed by atoms with E-state index in [2.05, 4.69) is 4.98 Å². The molecule has 3 aromatic carbocycles. The van der Waals surface area contributed by atoms with E-state index >= 15 is 0 Å². The maximum absolute atomic E-state index is 13.1. The maximum atomic E-state index is 13.1. The Labute approximate surface area is 223 Å². The zero-order valence-corrected chi connectivity index (χ0v) is 22.2. The molecule has 3 N–H and O–H groups in total. The average Bonchev–Trinajstić information content (AvgIpc) is 2.88. The number of aromatic amines is 1. The average molecular weight is 514 g/mol. The van der Waals surface area contributed by atoms with Gasteiger partial charge in [-0.1, -0.05) is 48.5 Å². The first-order valence-corrected chi connectivity index (χ1v) is 12.8. The zero-order valence-electron chi connectivity index (χ0n) is 22.2. The van der Waals surface area contributed by atoms with Gasteiger partial charge >= 0.3 is 6.09 Å². The maximum Gasteiger partial charge on any atom is 0.410 e. The number of hydrogen-bond acceptors (Lipinski definition) is 5. The Morgan fingerprint density at radius 3 is 2.29 bits per heavy atom. The number of nitrogens with one attached hydrogen (secondary N) is 1. The summed E-state index contributed by atoms with van der Waals surface area (Å²) in [5.74, 6) is 0.609. The monoisotopic (exact) mass is 513 g/mol. The number of rotatable bonds is 9. The summed E-state index contributed by atoms with van der Waals surface area (Å²) in [4.78, 5) is 29.9. The Balaban J connectivity index is 1.53. The van der Waals surface area contributed by atoms with Crippen molar-refractivity contribution < 1.29 is 14.3 Å². The molecule has 7 nitrogen and oxygen atoms in total. The summed E-state index contributed by atoms with van der Waals surface area (Å²) in [6, 6.07) is 24.7. The Morgan fingerprint density at radius 2 is 1.58 bits per heavy atom. The standard InChI is InChI=1S/C31H35N3O4/c1-31(2,3)38-30(36)34(19-17-22-9-12-25(32)13-10-22)20-18-24-11-15-27(29-26(24)14-16-28(35)33-29)37-21-23-7-5-4-6-8-23/h4-16H,17-21,32H2,1-3H3,(H,33,35). The van der Waals surface area contributed by atoms with Crippen LogP contribution in [0, 0.1) is 0 Å². The minimum Gasteiger partial charge on any atom is -0.487 e. The van der Waals surface area contributed by atoms with Gasteiger partial charge in [-0.3, -0.25) is 4.79 Å². The van der Waals surface area contributed by atoms with Gasteiger partial charge in [-0.05, 0) is 74.6 Å². The topological polar surface area (TPSA) is 97.7 Å². The summed E-state index contributed by atoms with van der Waals surface area (Å²) in [5, 5.41) is 0.887. The van der Waals surface area contributed by atoms with Gasteiger partial charge < -0.3 is 25.1 Å². The Morgan fingerprint density at radius 1 is 0.868 bits per heavy atom. The van der Waals surface area contributed by atoms with Gasteiger partial charge in [0.15, 0.2) is 0 Å². The quantitative estimate of drug-likeness (QED) is 0.279. The normalized spacial score (nSPS) is 11.3. The number of nitrogens with zero attached hydrogens (tertiary/aromatic N) is 1. The highest BCUT2D eigenvalue weighted by atomic mass is 16.6. The minimum atomic E-state index is -0.597. The number of ether oxygens (including phenoxy) is 2. The molecule has 0 radical (unpaired) electrons. The van der Waals surface area contributed by atoms with Gasteiger partial charge in [0, 0.05) is 30.2 Å². The number of nitrogen functional groups attached to an aromatic ring is 1. The largest absolute Gasteiger partial charge is 0.487 e. The number of amides is 1. The predicted octanol–water partition coefficient (Wildman–Crippen LogP) is 5.71. The van der Waals surface area contributed by atoms with Crippen molar-refractivity contribution in [2.24, 2.45) is 0 Å². The van der Waals surface area contributed by atoms with E-state index in [0.717, 1.165) is 22.1 Å². The third-order valence-electron chi connectivity index (χ3n) is 6.14. The van der Waals surface area contributed by atoms with Crippen molar-refractivity contribution >= 4 is 22.7 Å². The van der Waals surface area contributed by atoms with E-state index in [0.29, 0.717) is 49.5 Å². The van der Waals surface area contributed by atoms with Crippen molar-refractivity contribution in [3.8, 4) is 5.75 Å². The second kappa shape index (κ2) is 11.9. The van der Waals surface area contributed by atoms with Gasteiger partial charge in [0.2, 0.25) is 5.56 Å². The number of fused-ring (bicyclic) bond motifs is 1. The van der Waals surface area contributed by atoms with E-state index in [1.807, 2.05) is 93.6 Å². The predicted molar refractivity (Wildman–Crippen MR) is 151 cm³/mol. The van der Waals surface area contributed by atoms with Crippen LogP contribution in [0.1, 0.15) is 37.5 Å². The number of nitrogens with two attached hydrogens (primary N) is 1. The number of pyridine rings is 1. The minimum absolute atomic E-state index is 0.196. The molecule has 198 valence electrons. The number of carbonyl (C=O) groups excluding carboxylic acids is 1. The van der Waals surface area contributed by atoms with Crippen molar-refractivity contribution in [3.05, 3.63) is 106 Å². The van der Waals surface area contributed by atoms with Crippen molar-refractivity contribution in [1.82, 2.24) is 9.88 Å². The highest BCUT2D eigenvalue weighted by Gasteiger charge is 2.22. The fraction of sp³-hybridized carbons (Fsp3) is 0.290. The van der Waals surface area contributed by atoms with Crippen LogP contribution in [0.25, 0.3) is 10.9 Å². The van der Waals surface area contributed by atoms with Gasteiger partial charge in [-0.25, -0.2) is 4.79 Å². The molecular formula is C31H35N3O4. The van der Waals surface area contributed by atoms with Crippen molar-refractivity contribution in [3.63, 3.8) is 0 Å². The van der Waals surface area contributed by atoms with E-state index in [9.17, 15) is 9.59 Å². The molecule has 4 rings (SSSR count). The Kier molecular flexibility index (Phi) is 8.36. The van der Waals surface area contributed by atoms with Gasteiger partial charge in [-0.15, -0.1) is 0 Å². The number of aromatic nitrogens is 1. The molecule has 0 spiro atoms. The summed E-state index contributed by atoms with van der Waals surface area (Å²) in [5.41, 5.74) is 9.51. The summed E-state index contributed by atoms with van der Waals surface area (Å²) in [6.45, 7) is 6.95. The molecule has 38 heavy (non-hydrogen) atoms. The molecule has 1 aromatic heterocycles. The number of carbonyl (C=O) groups is 1.